The first-order valence-corrected chi connectivity index (χ1v) is 7.30. The fraction of sp³-hybridized carbons (Fsp3) is 0.857. The van der Waals surface area contributed by atoms with Crippen molar-refractivity contribution in [1.29, 1.82) is 0 Å². The number of carboxylic acids is 1. The van der Waals surface area contributed by atoms with Crippen LogP contribution in [0.25, 0.3) is 0 Å². The molecule has 1 atom stereocenters. The largest absolute Gasteiger partial charge is 0.481 e. The van der Waals surface area contributed by atoms with Crippen molar-refractivity contribution in [3.63, 3.8) is 0 Å². The number of aliphatic carboxylic acids is 1. The van der Waals surface area contributed by atoms with E-state index in [4.69, 9.17) is 9.84 Å². The van der Waals surface area contributed by atoms with Crippen LogP contribution in [0.5, 0.6) is 0 Å². The molecule has 0 aromatic carbocycles. The number of piperidine rings is 1. The van der Waals surface area contributed by atoms with E-state index in [9.17, 15) is 9.59 Å². The highest BCUT2D eigenvalue weighted by atomic mass is 16.5. The van der Waals surface area contributed by atoms with E-state index in [1.165, 1.54) is 0 Å². The minimum absolute atomic E-state index is 0.0376. The molecule has 0 bridgehead atoms. The van der Waals surface area contributed by atoms with Gasteiger partial charge in [-0.05, 0) is 26.2 Å². The van der Waals surface area contributed by atoms with Gasteiger partial charge in [-0.1, -0.05) is 6.92 Å². The van der Waals surface area contributed by atoms with E-state index in [1.807, 2.05) is 18.9 Å². The number of rotatable bonds is 6. The van der Waals surface area contributed by atoms with Gasteiger partial charge in [0.05, 0.1) is 19.1 Å². The van der Waals surface area contributed by atoms with E-state index >= 15 is 0 Å². The van der Waals surface area contributed by atoms with E-state index in [0.29, 0.717) is 13.1 Å². The molecule has 0 aliphatic carbocycles. The summed E-state index contributed by atoms with van der Waals surface area (Å²) in [4.78, 5) is 26.3. The Morgan fingerprint density at radius 2 is 2.00 bits per heavy atom. The minimum Gasteiger partial charge on any atom is -0.481 e. The van der Waals surface area contributed by atoms with Crippen LogP contribution in [0.2, 0.25) is 0 Å². The highest BCUT2D eigenvalue weighted by Gasteiger charge is 2.26. The molecule has 0 aromatic rings. The molecule has 1 aliphatic heterocycles. The average molecular weight is 286 g/mol. The summed E-state index contributed by atoms with van der Waals surface area (Å²) in [5.41, 5.74) is 0. The molecule has 6 heteroatoms. The monoisotopic (exact) mass is 286 g/mol. The van der Waals surface area contributed by atoms with Gasteiger partial charge in [-0.25, -0.2) is 4.79 Å². The first kappa shape index (κ1) is 16.8. The lowest BCUT2D eigenvalue weighted by atomic mass is 10.1. The van der Waals surface area contributed by atoms with Crippen molar-refractivity contribution in [2.24, 2.45) is 0 Å². The fourth-order valence-corrected chi connectivity index (χ4v) is 2.21. The molecule has 20 heavy (non-hydrogen) atoms. The fourth-order valence-electron chi connectivity index (χ4n) is 2.21. The number of hydrogen-bond donors (Lipinski definition) is 1. The molecule has 6 nitrogen and oxygen atoms in total. The van der Waals surface area contributed by atoms with Gasteiger partial charge >= 0.3 is 12.0 Å². The number of urea groups is 1. The van der Waals surface area contributed by atoms with E-state index < -0.39 is 5.97 Å². The molecule has 1 N–H and O–H groups in total. The molecule has 0 aromatic heterocycles. The summed E-state index contributed by atoms with van der Waals surface area (Å²) >= 11 is 0. The third-order valence-corrected chi connectivity index (χ3v) is 3.94. The Labute approximate surface area is 120 Å². The number of carbonyl (C=O) groups excluding carboxylic acids is 1. The van der Waals surface area contributed by atoms with Gasteiger partial charge in [0.1, 0.15) is 0 Å². The Kier molecular flexibility index (Phi) is 6.78. The van der Waals surface area contributed by atoms with Gasteiger partial charge in [0, 0.05) is 26.2 Å². The summed E-state index contributed by atoms with van der Waals surface area (Å²) in [5, 5.41) is 8.56. The maximum Gasteiger partial charge on any atom is 0.319 e. The molecule has 1 aliphatic rings. The quantitative estimate of drug-likeness (QED) is 0.808. The topological polar surface area (TPSA) is 70.1 Å². The average Bonchev–Trinajstić information content (AvgIpc) is 2.45. The number of nitrogens with zero attached hydrogens (tertiary/aromatic N) is 2. The van der Waals surface area contributed by atoms with E-state index in [0.717, 1.165) is 19.3 Å². The summed E-state index contributed by atoms with van der Waals surface area (Å²) in [6.07, 6.45) is 2.61. The van der Waals surface area contributed by atoms with Crippen LogP contribution in [0.4, 0.5) is 4.79 Å². The first-order chi connectivity index (χ1) is 9.45. The van der Waals surface area contributed by atoms with Crippen LogP contribution in [-0.4, -0.2) is 65.8 Å². The van der Waals surface area contributed by atoms with Crippen molar-refractivity contribution < 1.29 is 19.4 Å². The molecule has 1 fully saturated rings. The predicted molar refractivity (Wildman–Crippen MR) is 75.7 cm³/mol. The minimum atomic E-state index is -0.840. The number of likely N-dealkylation sites (tertiary alicyclic amines) is 1. The Bertz CT molecular complexity index is 327. The summed E-state index contributed by atoms with van der Waals surface area (Å²) < 4.78 is 5.52. The number of amides is 2. The number of carboxylic acid groups (broad SMARTS) is 1. The van der Waals surface area contributed by atoms with Crippen LogP contribution >= 0.6 is 0 Å². The molecular weight excluding hydrogens is 260 g/mol. The number of hydrogen-bond acceptors (Lipinski definition) is 3. The lowest BCUT2D eigenvalue weighted by molar-refractivity contribution is -0.138. The van der Waals surface area contributed by atoms with Gasteiger partial charge in [-0.2, -0.15) is 0 Å². The normalized spacial score (nSPS) is 17.9. The molecule has 1 saturated heterocycles. The second-order valence-electron chi connectivity index (χ2n) is 5.35. The highest BCUT2D eigenvalue weighted by Crippen LogP contribution is 2.16. The summed E-state index contributed by atoms with van der Waals surface area (Å²) in [6, 6.07) is 0.315. The van der Waals surface area contributed by atoms with Gasteiger partial charge in [0.15, 0.2) is 0 Å². The van der Waals surface area contributed by atoms with Crippen molar-refractivity contribution in [2.45, 2.75) is 51.7 Å². The van der Waals surface area contributed by atoms with Crippen LogP contribution in [-0.2, 0) is 9.53 Å². The zero-order valence-corrected chi connectivity index (χ0v) is 12.7. The Balaban J connectivity index is 2.31. The van der Waals surface area contributed by atoms with Crippen molar-refractivity contribution in [2.75, 3.05) is 26.7 Å². The van der Waals surface area contributed by atoms with Crippen molar-refractivity contribution in [1.82, 2.24) is 9.80 Å². The highest BCUT2D eigenvalue weighted by molar-refractivity contribution is 5.74. The zero-order chi connectivity index (χ0) is 15.1. The Morgan fingerprint density at radius 1 is 1.40 bits per heavy atom. The summed E-state index contributed by atoms with van der Waals surface area (Å²) in [7, 11) is 1.84. The molecule has 1 heterocycles. The SMILES string of the molecule is CCC(C)N(C)C(=O)N1CCC(OCCC(=O)O)CC1. The third-order valence-electron chi connectivity index (χ3n) is 3.94. The van der Waals surface area contributed by atoms with Gasteiger partial charge in [-0.3, -0.25) is 4.79 Å². The molecule has 0 saturated carbocycles. The maximum atomic E-state index is 12.2. The van der Waals surface area contributed by atoms with Crippen LogP contribution in [0.3, 0.4) is 0 Å². The predicted octanol–water partition coefficient (Wildman–Crippen LogP) is 1.79. The molecule has 2 amide bonds. The Morgan fingerprint density at radius 3 is 2.50 bits per heavy atom. The van der Waals surface area contributed by atoms with Gasteiger partial charge in [-0.15, -0.1) is 0 Å². The molecule has 0 radical (unpaired) electrons. The lowest BCUT2D eigenvalue weighted by Crippen LogP contribution is -2.49. The number of ether oxygens (including phenoxy) is 1. The molecule has 116 valence electrons. The second kappa shape index (κ2) is 8.09. The summed E-state index contributed by atoms with van der Waals surface area (Å²) in [5.74, 6) is -0.840. The van der Waals surface area contributed by atoms with Crippen LogP contribution in [0, 0.1) is 0 Å². The van der Waals surface area contributed by atoms with Crippen molar-refractivity contribution >= 4 is 12.0 Å². The molecule has 1 unspecified atom stereocenters. The van der Waals surface area contributed by atoms with Crippen LogP contribution < -0.4 is 0 Å². The maximum absolute atomic E-state index is 12.2. The Hall–Kier alpha value is -1.30. The first-order valence-electron chi connectivity index (χ1n) is 7.30. The zero-order valence-electron chi connectivity index (χ0n) is 12.7. The van der Waals surface area contributed by atoms with Crippen molar-refractivity contribution in [3.8, 4) is 0 Å². The summed E-state index contributed by atoms with van der Waals surface area (Å²) in [6.45, 7) is 5.71. The third kappa shape index (κ3) is 5.00. The number of carbonyl (C=O) groups is 2. The van der Waals surface area contributed by atoms with Gasteiger partial charge in [0.2, 0.25) is 0 Å². The van der Waals surface area contributed by atoms with E-state index in [2.05, 4.69) is 6.92 Å². The van der Waals surface area contributed by atoms with Gasteiger partial charge in [0.25, 0.3) is 0 Å². The van der Waals surface area contributed by atoms with Gasteiger partial charge < -0.3 is 19.6 Å². The smallest absolute Gasteiger partial charge is 0.319 e. The standard InChI is InChI=1S/C14H26N2O4/c1-4-11(2)15(3)14(19)16-8-5-12(6-9-16)20-10-7-13(17)18/h11-12H,4-10H2,1-3H3,(H,17,18). The molecular formula is C14H26N2O4. The second-order valence-corrected chi connectivity index (χ2v) is 5.35. The van der Waals surface area contributed by atoms with Crippen LogP contribution in [0.1, 0.15) is 39.5 Å². The van der Waals surface area contributed by atoms with E-state index in [1.54, 1.807) is 4.90 Å². The lowest BCUT2D eigenvalue weighted by Gasteiger charge is -2.36. The molecule has 0 spiro atoms. The molecule has 1 rings (SSSR count). The van der Waals surface area contributed by atoms with E-state index in [-0.39, 0.29) is 31.2 Å². The van der Waals surface area contributed by atoms with Crippen molar-refractivity contribution in [3.05, 3.63) is 0 Å². The van der Waals surface area contributed by atoms with Crippen LogP contribution in [0.15, 0.2) is 0 Å².